The van der Waals surface area contributed by atoms with Gasteiger partial charge in [0.1, 0.15) is 17.4 Å². The minimum Gasteiger partial charge on any atom is -0.497 e. The molecule has 3 amide bonds. The molecule has 0 aromatic heterocycles. The fourth-order valence-electron chi connectivity index (χ4n) is 6.19. The fourth-order valence-corrected chi connectivity index (χ4v) is 6.19. The van der Waals surface area contributed by atoms with Gasteiger partial charge in [-0.1, -0.05) is 68.5 Å². The lowest BCUT2D eigenvalue weighted by Crippen LogP contribution is -2.54. The lowest BCUT2D eigenvalue weighted by molar-refractivity contribution is -0.145. The van der Waals surface area contributed by atoms with Crippen LogP contribution in [0, 0.1) is 17.8 Å². The minimum atomic E-state index is -1.19. The molecule has 0 unspecified atom stereocenters. The Bertz CT molecular complexity index is 1260. The average Bonchev–Trinajstić information content (AvgIpc) is 3.50. The Hall–Kier alpha value is -3.65. The van der Waals surface area contributed by atoms with Crippen LogP contribution >= 0.6 is 0 Å². The summed E-state index contributed by atoms with van der Waals surface area (Å²) >= 11 is 0. The molecule has 2 bridgehead atoms. The normalized spacial score (nSPS) is 28.6. The number of rotatable bonds is 10. The van der Waals surface area contributed by atoms with Crippen molar-refractivity contribution in [3.63, 3.8) is 0 Å². The Balaban J connectivity index is 1.39. The van der Waals surface area contributed by atoms with Gasteiger partial charge in [-0.25, -0.2) is 0 Å². The van der Waals surface area contributed by atoms with E-state index >= 15 is 0 Å². The van der Waals surface area contributed by atoms with Crippen molar-refractivity contribution in [3.8, 4) is 5.75 Å². The maximum atomic E-state index is 14.0. The van der Waals surface area contributed by atoms with E-state index < -0.39 is 29.1 Å². The van der Waals surface area contributed by atoms with Crippen LogP contribution in [0.3, 0.4) is 0 Å². The number of nitrogens with zero attached hydrogens (tertiary/aromatic N) is 1. The number of carbonyl (C=O) groups excluding carboxylic acids is 3. The van der Waals surface area contributed by atoms with Gasteiger partial charge in [0.2, 0.25) is 17.7 Å². The van der Waals surface area contributed by atoms with Gasteiger partial charge in [0, 0.05) is 19.6 Å². The van der Waals surface area contributed by atoms with Crippen LogP contribution in [-0.4, -0.2) is 53.5 Å². The standard InChI is InChI=1S/C31H37N3O5/c1-20(2)14-17-34-26(28(36)33-18-21-8-6-5-7-9-21)31-16-15-30(3,39-31)24(25(31)29(34)37)27(35)32-19-22-10-12-23(38-4)13-11-22/h5-13,15-16,20,24-26H,14,17-19H2,1-4H3,(H,32,35)(H,33,36)/t24-,25-,26+,30+,31+/m0/s1. The molecule has 1 spiro atoms. The Morgan fingerprint density at radius 3 is 2.26 bits per heavy atom. The number of methoxy groups -OCH3 is 1. The van der Waals surface area contributed by atoms with Crippen LogP contribution in [0.4, 0.5) is 0 Å². The Labute approximate surface area is 229 Å². The lowest BCUT2D eigenvalue weighted by atomic mass is 9.70. The van der Waals surface area contributed by atoms with Crippen LogP contribution < -0.4 is 15.4 Å². The van der Waals surface area contributed by atoms with E-state index in [0.29, 0.717) is 25.6 Å². The van der Waals surface area contributed by atoms with Crippen molar-refractivity contribution in [2.75, 3.05) is 13.7 Å². The molecule has 3 aliphatic rings. The molecule has 5 rings (SSSR count). The van der Waals surface area contributed by atoms with E-state index in [4.69, 9.17) is 9.47 Å². The third-order valence-corrected chi connectivity index (χ3v) is 8.21. The monoisotopic (exact) mass is 531 g/mol. The number of hydrogen-bond donors (Lipinski definition) is 2. The Morgan fingerprint density at radius 1 is 0.974 bits per heavy atom. The SMILES string of the molecule is COc1ccc(CNC(=O)[C@@H]2[C@H]3C(=O)N(CCC(C)C)[C@H](C(=O)NCc4ccccc4)[C@@]34C=C[C@@]2(C)O4)cc1. The highest BCUT2D eigenvalue weighted by Gasteiger charge is 2.76. The fraction of sp³-hybridized carbons (Fsp3) is 0.452. The largest absolute Gasteiger partial charge is 0.497 e. The number of carbonyl (C=O) groups is 3. The number of fused-ring (bicyclic) bond motifs is 1. The smallest absolute Gasteiger partial charge is 0.246 e. The summed E-state index contributed by atoms with van der Waals surface area (Å²) in [5.74, 6) is -1.17. The summed E-state index contributed by atoms with van der Waals surface area (Å²) < 4.78 is 11.8. The molecule has 0 radical (unpaired) electrons. The van der Waals surface area contributed by atoms with Gasteiger partial charge in [-0.15, -0.1) is 0 Å². The van der Waals surface area contributed by atoms with E-state index in [1.54, 1.807) is 12.0 Å². The van der Waals surface area contributed by atoms with Crippen molar-refractivity contribution in [1.82, 2.24) is 15.5 Å². The van der Waals surface area contributed by atoms with Gasteiger partial charge in [0.15, 0.2) is 0 Å². The Kier molecular flexibility index (Phi) is 7.25. The van der Waals surface area contributed by atoms with Crippen molar-refractivity contribution in [2.45, 2.75) is 57.5 Å². The predicted octanol–water partition coefficient (Wildman–Crippen LogP) is 3.21. The molecule has 206 valence electrons. The van der Waals surface area contributed by atoms with Crippen molar-refractivity contribution in [1.29, 1.82) is 0 Å². The summed E-state index contributed by atoms with van der Waals surface area (Å²) in [6.45, 7) is 7.08. The molecule has 0 saturated carbocycles. The maximum absolute atomic E-state index is 14.0. The third kappa shape index (κ3) is 4.82. The molecular formula is C31H37N3O5. The van der Waals surface area contributed by atoms with Gasteiger partial charge in [-0.3, -0.25) is 14.4 Å². The summed E-state index contributed by atoms with van der Waals surface area (Å²) in [7, 11) is 1.61. The van der Waals surface area contributed by atoms with Crippen LogP contribution in [0.5, 0.6) is 5.75 Å². The molecular weight excluding hydrogens is 494 g/mol. The van der Waals surface area contributed by atoms with Crippen LogP contribution in [0.25, 0.3) is 0 Å². The quantitative estimate of drug-likeness (QED) is 0.459. The summed E-state index contributed by atoms with van der Waals surface area (Å²) in [5.41, 5.74) is -0.288. The first-order valence-corrected chi connectivity index (χ1v) is 13.6. The second-order valence-corrected chi connectivity index (χ2v) is 11.3. The molecule has 0 aliphatic carbocycles. The van der Waals surface area contributed by atoms with Gasteiger partial charge in [0.05, 0.1) is 24.5 Å². The molecule has 8 nitrogen and oxygen atoms in total. The zero-order valence-corrected chi connectivity index (χ0v) is 23.0. The summed E-state index contributed by atoms with van der Waals surface area (Å²) in [5, 5.41) is 6.03. The second kappa shape index (κ2) is 10.5. The van der Waals surface area contributed by atoms with Gasteiger partial charge < -0.3 is 25.0 Å². The summed E-state index contributed by atoms with van der Waals surface area (Å²) in [6, 6.07) is 16.3. The average molecular weight is 532 g/mol. The summed E-state index contributed by atoms with van der Waals surface area (Å²) in [4.78, 5) is 43.1. The molecule has 5 atom stereocenters. The number of likely N-dealkylation sites (tertiary alicyclic amines) is 1. The van der Waals surface area contributed by atoms with Crippen LogP contribution in [0.15, 0.2) is 66.7 Å². The Morgan fingerprint density at radius 2 is 1.62 bits per heavy atom. The van der Waals surface area contributed by atoms with E-state index in [1.165, 1.54) is 0 Å². The number of benzene rings is 2. The van der Waals surface area contributed by atoms with E-state index in [9.17, 15) is 14.4 Å². The molecule has 2 N–H and O–H groups in total. The van der Waals surface area contributed by atoms with Crippen molar-refractivity contribution in [2.24, 2.45) is 17.8 Å². The third-order valence-electron chi connectivity index (χ3n) is 8.21. The zero-order chi connectivity index (χ0) is 27.8. The highest BCUT2D eigenvalue weighted by atomic mass is 16.5. The zero-order valence-electron chi connectivity index (χ0n) is 23.0. The number of amides is 3. The highest BCUT2D eigenvalue weighted by molar-refractivity contribution is 6.00. The van der Waals surface area contributed by atoms with Gasteiger partial charge in [-0.05, 0) is 42.5 Å². The van der Waals surface area contributed by atoms with Crippen molar-refractivity contribution >= 4 is 17.7 Å². The van der Waals surface area contributed by atoms with Gasteiger partial charge in [-0.2, -0.15) is 0 Å². The topological polar surface area (TPSA) is 97.0 Å². The molecule has 8 heteroatoms. The second-order valence-electron chi connectivity index (χ2n) is 11.3. The summed E-state index contributed by atoms with van der Waals surface area (Å²) in [6.07, 6.45) is 4.45. The first kappa shape index (κ1) is 26.9. The van der Waals surface area contributed by atoms with Gasteiger partial charge >= 0.3 is 0 Å². The van der Waals surface area contributed by atoms with Crippen LogP contribution in [0.2, 0.25) is 0 Å². The molecule has 2 saturated heterocycles. The van der Waals surface area contributed by atoms with Crippen LogP contribution in [-0.2, 0) is 32.2 Å². The van der Waals surface area contributed by atoms with E-state index in [-0.39, 0.29) is 17.7 Å². The molecule has 2 fully saturated rings. The van der Waals surface area contributed by atoms with Crippen molar-refractivity contribution < 1.29 is 23.9 Å². The molecule has 3 aliphatic heterocycles. The minimum absolute atomic E-state index is 0.201. The predicted molar refractivity (Wildman–Crippen MR) is 146 cm³/mol. The van der Waals surface area contributed by atoms with E-state index in [1.807, 2.05) is 73.7 Å². The van der Waals surface area contributed by atoms with E-state index in [0.717, 1.165) is 23.3 Å². The highest BCUT2D eigenvalue weighted by Crippen LogP contribution is 2.59. The van der Waals surface area contributed by atoms with Crippen molar-refractivity contribution in [3.05, 3.63) is 77.9 Å². The lowest BCUT2D eigenvalue weighted by Gasteiger charge is -2.33. The first-order valence-electron chi connectivity index (χ1n) is 13.6. The molecule has 39 heavy (non-hydrogen) atoms. The number of hydrogen-bond acceptors (Lipinski definition) is 5. The number of ether oxygens (including phenoxy) is 2. The van der Waals surface area contributed by atoms with Crippen LogP contribution in [0.1, 0.15) is 38.3 Å². The molecule has 3 heterocycles. The number of nitrogens with one attached hydrogen (secondary N) is 2. The molecule has 2 aromatic carbocycles. The first-order chi connectivity index (χ1) is 18.7. The van der Waals surface area contributed by atoms with E-state index in [2.05, 4.69) is 24.5 Å². The molecule has 2 aromatic rings. The maximum Gasteiger partial charge on any atom is 0.246 e. The van der Waals surface area contributed by atoms with Gasteiger partial charge in [0.25, 0.3) is 0 Å².